The minimum absolute atomic E-state index is 0.137. The molecule has 3 nitrogen and oxygen atoms in total. The monoisotopic (exact) mass is 302 g/mol. The quantitative estimate of drug-likeness (QED) is 0.930. The molecule has 2 aliphatic heterocycles. The average molecular weight is 302 g/mol. The van der Waals surface area contributed by atoms with Gasteiger partial charge in [0.2, 0.25) is 0 Å². The van der Waals surface area contributed by atoms with Crippen molar-refractivity contribution in [3.05, 3.63) is 35.6 Å². The smallest absolute Gasteiger partial charge is 0.251 e. The first-order chi connectivity index (χ1) is 10.7. The number of hydrogen-bond acceptors (Lipinski definition) is 2. The summed E-state index contributed by atoms with van der Waals surface area (Å²) in [6, 6.07) is 8.28. The van der Waals surface area contributed by atoms with Crippen LogP contribution in [-0.4, -0.2) is 35.0 Å². The summed E-state index contributed by atoms with van der Waals surface area (Å²) < 4.78 is 13.3. The number of nitrogens with one attached hydrogen (secondary N) is 1. The summed E-state index contributed by atoms with van der Waals surface area (Å²) in [6.07, 6.45) is 8.66. The molecule has 3 aliphatic rings. The third kappa shape index (κ3) is 2.76. The molecular formula is C18H23FN2O. The van der Waals surface area contributed by atoms with Crippen molar-refractivity contribution in [1.29, 1.82) is 0 Å². The Morgan fingerprint density at radius 2 is 1.82 bits per heavy atom. The number of benzene rings is 1. The van der Waals surface area contributed by atoms with Crippen LogP contribution in [0.1, 0.15) is 55.3 Å². The molecule has 118 valence electrons. The minimum Gasteiger partial charge on any atom is -0.349 e. The van der Waals surface area contributed by atoms with Gasteiger partial charge in [0.25, 0.3) is 5.91 Å². The van der Waals surface area contributed by atoms with Gasteiger partial charge < -0.3 is 5.32 Å². The topological polar surface area (TPSA) is 32.3 Å². The van der Waals surface area contributed by atoms with Gasteiger partial charge in [0, 0.05) is 29.7 Å². The molecule has 3 fully saturated rings. The molecule has 1 aromatic rings. The maximum atomic E-state index is 13.3. The van der Waals surface area contributed by atoms with Crippen LogP contribution >= 0.6 is 0 Å². The Labute approximate surface area is 130 Å². The summed E-state index contributed by atoms with van der Waals surface area (Å²) in [5.41, 5.74) is 0.426. The third-order valence-electron chi connectivity index (χ3n) is 5.42. The van der Waals surface area contributed by atoms with Crippen molar-refractivity contribution in [1.82, 2.24) is 10.2 Å². The zero-order chi connectivity index (χ0) is 15.1. The summed E-state index contributed by atoms with van der Waals surface area (Å²) in [5, 5.41) is 3.14. The molecule has 0 unspecified atom stereocenters. The third-order valence-corrected chi connectivity index (χ3v) is 5.42. The largest absolute Gasteiger partial charge is 0.349 e. The highest BCUT2D eigenvalue weighted by Gasteiger charge is 2.45. The molecule has 1 N–H and O–H groups in total. The molecular weight excluding hydrogens is 279 g/mol. The average Bonchev–Trinajstić information content (AvgIpc) is 3.31. The molecule has 1 amide bonds. The molecule has 1 saturated carbocycles. The fourth-order valence-corrected chi connectivity index (χ4v) is 4.40. The van der Waals surface area contributed by atoms with Crippen LogP contribution in [-0.2, 0) is 0 Å². The summed E-state index contributed by atoms with van der Waals surface area (Å²) in [7, 11) is 0. The Morgan fingerprint density at radius 1 is 1.09 bits per heavy atom. The van der Waals surface area contributed by atoms with Crippen LogP contribution in [0.3, 0.4) is 0 Å². The van der Waals surface area contributed by atoms with Crippen LogP contribution in [0.25, 0.3) is 0 Å². The maximum absolute atomic E-state index is 13.3. The molecule has 4 heteroatoms. The fourth-order valence-electron chi connectivity index (χ4n) is 4.40. The van der Waals surface area contributed by atoms with Crippen molar-refractivity contribution in [2.24, 2.45) is 0 Å². The molecule has 22 heavy (non-hydrogen) atoms. The number of fused-ring (bicyclic) bond motifs is 2. The van der Waals surface area contributed by atoms with E-state index in [1.54, 1.807) is 12.1 Å². The number of carbonyl (C=O) groups is 1. The van der Waals surface area contributed by atoms with E-state index in [2.05, 4.69) is 10.2 Å². The van der Waals surface area contributed by atoms with E-state index < -0.39 is 0 Å². The lowest BCUT2D eigenvalue weighted by Gasteiger charge is -2.49. The second-order valence-electron chi connectivity index (χ2n) is 7.07. The van der Waals surface area contributed by atoms with Gasteiger partial charge in [-0.15, -0.1) is 0 Å². The van der Waals surface area contributed by atoms with Gasteiger partial charge in [-0.2, -0.15) is 0 Å². The Kier molecular flexibility index (Phi) is 3.65. The molecule has 2 atom stereocenters. The number of rotatable bonds is 3. The van der Waals surface area contributed by atoms with E-state index >= 15 is 0 Å². The number of amides is 1. The van der Waals surface area contributed by atoms with Crippen molar-refractivity contribution in [2.75, 3.05) is 0 Å². The Morgan fingerprint density at radius 3 is 2.45 bits per heavy atom. The number of nitrogens with zero attached hydrogens (tertiary/aromatic N) is 1. The van der Waals surface area contributed by atoms with Crippen molar-refractivity contribution in [3.63, 3.8) is 0 Å². The summed E-state index contributed by atoms with van der Waals surface area (Å²) >= 11 is 0. The molecule has 2 saturated heterocycles. The zero-order valence-electron chi connectivity index (χ0n) is 12.8. The summed E-state index contributed by atoms with van der Waals surface area (Å²) in [5.74, 6) is -0.490. The van der Waals surface area contributed by atoms with Gasteiger partial charge in [0.1, 0.15) is 5.82 Å². The van der Waals surface area contributed by atoms with Gasteiger partial charge in [-0.3, -0.25) is 9.69 Å². The molecule has 1 aromatic carbocycles. The number of piperidine rings is 2. The maximum Gasteiger partial charge on any atom is 0.251 e. The first-order valence-electron chi connectivity index (χ1n) is 8.54. The Bertz CT molecular complexity index is 558. The predicted molar refractivity (Wildman–Crippen MR) is 83.2 cm³/mol. The second-order valence-corrected chi connectivity index (χ2v) is 7.07. The lowest BCUT2D eigenvalue weighted by molar-refractivity contribution is 0.0175. The molecule has 0 spiro atoms. The predicted octanol–water partition coefficient (Wildman–Crippen LogP) is 3.10. The number of halogens is 1. The van der Waals surface area contributed by atoms with Crippen LogP contribution in [0.15, 0.2) is 24.3 Å². The SMILES string of the molecule is O=C(NC1C[C@@H]2CCC[C@@H](C1)N2C1CC1)c1cccc(F)c1. The highest BCUT2D eigenvalue weighted by Crippen LogP contribution is 2.41. The van der Waals surface area contributed by atoms with Gasteiger partial charge in [0.15, 0.2) is 0 Å². The first kappa shape index (κ1) is 14.2. The lowest BCUT2D eigenvalue weighted by Crippen LogP contribution is -2.57. The van der Waals surface area contributed by atoms with Crippen molar-refractivity contribution in [3.8, 4) is 0 Å². The molecule has 2 heterocycles. The normalized spacial score (nSPS) is 31.8. The highest BCUT2D eigenvalue weighted by molar-refractivity contribution is 5.94. The van der Waals surface area contributed by atoms with E-state index in [0.29, 0.717) is 17.6 Å². The van der Waals surface area contributed by atoms with Gasteiger partial charge in [-0.1, -0.05) is 12.5 Å². The second kappa shape index (κ2) is 5.65. The summed E-state index contributed by atoms with van der Waals surface area (Å²) in [6.45, 7) is 0. The molecule has 2 bridgehead atoms. The Hall–Kier alpha value is -1.42. The van der Waals surface area contributed by atoms with E-state index in [-0.39, 0.29) is 17.8 Å². The van der Waals surface area contributed by atoms with E-state index in [0.717, 1.165) is 18.9 Å². The van der Waals surface area contributed by atoms with Crippen LogP contribution in [0.5, 0.6) is 0 Å². The van der Waals surface area contributed by atoms with Crippen LogP contribution in [0.2, 0.25) is 0 Å². The lowest BCUT2D eigenvalue weighted by atomic mass is 9.81. The Balaban J connectivity index is 1.43. The van der Waals surface area contributed by atoms with E-state index in [1.807, 2.05) is 0 Å². The molecule has 0 radical (unpaired) electrons. The van der Waals surface area contributed by atoms with Gasteiger partial charge in [-0.05, 0) is 56.7 Å². The number of carbonyl (C=O) groups excluding carboxylic acids is 1. The fraction of sp³-hybridized carbons (Fsp3) is 0.611. The highest BCUT2D eigenvalue weighted by atomic mass is 19.1. The van der Waals surface area contributed by atoms with Gasteiger partial charge in [-0.25, -0.2) is 4.39 Å². The van der Waals surface area contributed by atoms with Crippen molar-refractivity contribution in [2.45, 2.75) is 69.1 Å². The standard InChI is InChI=1S/C18H23FN2O/c19-13-4-1-3-12(9-13)18(22)20-14-10-16-5-2-6-17(11-14)21(16)15-7-8-15/h1,3-4,9,14-17H,2,5-8,10-11H2,(H,20,22)/t16-,17-/m0/s1. The van der Waals surface area contributed by atoms with Gasteiger partial charge in [0.05, 0.1) is 0 Å². The van der Waals surface area contributed by atoms with Crippen molar-refractivity contribution < 1.29 is 9.18 Å². The molecule has 4 rings (SSSR count). The molecule has 1 aliphatic carbocycles. The number of hydrogen-bond donors (Lipinski definition) is 1. The minimum atomic E-state index is -0.354. The van der Waals surface area contributed by atoms with Crippen LogP contribution < -0.4 is 5.32 Å². The van der Waals surface area contributed by atoms with Crippen LogP contribution in [0.4, 0.5) is 4.39 Å². The van der Waals surface area contributed by atoms with E-state index in [1.165, 1.54) is 44.2 Å². The van der Waals surface area contributed by atoms with E-state index in [9.17, 15) is 9.18 Å². The van der Waals surface area contributed by atoms with Crippen molar-refractivity contribution >= 4 is 5.91 Å². The van der Waals surface area contributed by atoms with Crippen LogP contribution in [0, 0.1) is 5.82 Å². The first-order valence-corrected chi connectivity index (χ1v) is 8.54. The molecule has 0 aromatic heterocycles. The van der Waals surface area contributed by atoms with E-state index in [4.69, 9.17) is 0 Å². The van der Waals surface area contributed by atoms with Gasteiger partial charge >= 0.3 is 0 Å². The summed E-state index contributed by atoms with van der Waals surface area (Å²) in [4.78, 5) is 15.1. The zero-order valence-corrected chi connectivity index (χ0v) is 12.8.